The van der Waals surface area contributed by atoms with E-state index in [-0.39, 0.29) is 17.5 Å². The molecule has 0 radical (unpaired) electrons. The van der Waals surface area contributed by atoms with Gasteiger partial charge < -0.3 is 9.47 Å². The monoisotopic (exact) mass is 551 g/mol. The number of halogens is 2. The quantitative estimate of drug-likeness (QED) is 0.182. The summed E-state index contributed by atoms with van der Waals surface area (Å²) in [5, 5.41) is 5.07. The topological polar surface area (TPSA) is 89.9 Å². The fourth-order valence-electron chi connectivity index (χ4n) is 3.33. The lowest BCUT2D eigenvalue weighted by Gasteiger charge is -2.10. The second kappa shape index (κ2) is 11.1. The Hall–Kier alpha value is -3.75. The summed E-state index contributed by atoms with van der Waals surface area (Å²) in [4.78, 5) is 29.1. The van der Waals surface area contributed by atoms with Crippen molar-refractivity contribution < 1.29 is 19.1 Å². The molecule has 3 aromatic carbocycles. The Morgan fingerprint density at radius 1 is 1.09 bits per heavy atom. The molecule has 1 N–H and O–H groups in total. The highest BCUT2D eigenvalue weighted by molar-refractivity contribution is 9.10. The predicted molar refractivity (Wildman–Crippen MR) is 139 cm³/mol. The molecule has 7 nitrogen and oxygen atoms in total. The zero-order valence-electron chi connectivity index (χ0n) is 18.5. The van der Waals surface area contributed by atoms with Crippen LogP contribution in [-0.2, 0) is 9.53 Å². The van der Waals surface area contributed by atoms with Gasteiger partial charge in [-0.2, -0.15) is 5.10 Å². The summed E-state index contributed by atoms with van der Waals surface area (Å²) in [5.41, 5.74) is 5.94. The van der Waals surface area contributed by atoms with Crippen LogP contribution in [0.15, 0.2) is 82.4 Å². The van der Waals surface area contributed by atoms with Crippen molar-refractivity contribution in [1.82, 2.24) is 10.4 Å². The van der Waals surface area contributed by atoms with Crippen molar-refractivity contribution in [3.8, 4) is 17.0 Å². The summed E-state index contributed by atoms with van der Waals surface area (Å²) in [6.45, 7) is -0.275. The van der Waals surface area contributed by atoms with Gasteiger partial charge in [-0.05, 0) is 45.8 Å². The molecular formula is C26H19BrClN3O4. The number of nitrogens with one attached hydrogen (secondary N) is 1. The second-order valence-electron chi connectivity index (χ2n) is 7.32. The third-order valence-corrected chi connectivity index (χ3v) is 5.86. The number of benzene rings is 3. The van der Waals surface area contributed by atoms with Gasteiger partial charge in [0.1, 0.15) is 0 Å². The van der Waals surface area contributed by atoms with Crippen LogP contribution in [0.1, 0.15) is 15.9 Å². The van der Waals surface area contributed by atoms with Gasteiger partial charge in [-0.15, -0.1) is 0 Å². The lowest BCUT2D eigenvalue weighted by atomic mass is 10.0. The highest BCUT2D eigenvalue weighted by atomic mass is 79.9. The normalized spacial score (nSPS) is 10.9. The van der Waals surface area contributed by atoms with E-state index in [0.717, 1.165) is 10.9 Å². The first-order valence-electron chi connectivity index (χ1n) is 10.4. The number of carbonyl (C=O) groups is 2. The van der Waals surface area contributed by atoms with E-state index >= 15 is 0 Å². The Balaban J connectivity index is 1.55. The molecule has 4 aromatic rings. The number of fused-ring (bicyclic) bond motifs is 1. The van der Waals surface area contributed by atoms with Gasteiger partial charge in [-0.3, -0.25) is 4.79 Å². The van der Waals surface area contributed by atoms with E-state index in [4.69, 9.17) is 21.3 Å². The molecule has 1 amide bonds. The standard InChI is InChI=1S/C26H19BrClN3O4/c1-34-24(32)15-35-25-20(27)11-16(12-21(25)28)14-29-31-26(33)19-13-23(17-7-3-2-4-8-17)30-22-10-6-5-9-18(19)22/h2-14H,15H2,1H3,(H,31,33)/b29-14+. The van der Waals surface area contributed by atoms with Gasteiger partial charge in [-0.1, -0.05) is 60.1 Å². The Labute approximate surface area is 214 Å². The maximum Gasteiger partial charge on any atom is 0.343 e. The molecule has 0 bridgehead atoms. The molecule has 0 unspecified atom stereocenters. The minimum Gasteiger partial charge on any atom is -0.479 e. The van der Waals surface area contributed by atoms with Gasteiger partial charge in [-0.25, -0.2) is 15.2 Å². The third-order valence-electron chi connectivity index (χ3n) is 4.99. The van der Waals surface area contributed by atoms with Crippen LogP contribution in [0.25, 0.3) is 22.2 Å². The average molecular weight is 553 g/mol. The molecule has 35 heavy (non-hydrogen) atoms. The number of rotatable bonds is 7. The molecule has 0 fully saturated rings. The van der Waals surface area contributed by atoms with E-state index in [1.54, 1.807) is 18.2 Å². The number of para-hydroxylation sites is 1. The van der Waals surface area contributed by atoms with Gasteiger partial charge in [0, 0.05) is 10.9 Å². The summed E-state index contributed by atoms with van der Waals surface area (Å²) in [5.74, 6) is -0.601. The smallest absolute Gasteiger partial charge is 0.343 e. The van der Waals surface area contributed by atoms with Gasteiger partial charge in [0.15, 0.2) is 12.4 Å². The summed E-state index contributed by atoms with van der Waals surface area (Å²) >= 11 is 9.64. The highest BCUT2D eigenvalue weighted by Crippen LogP contribution is 2.34. The van der Waals surface area contributed by atoms with Crippen molar-refractivity contribution in [2.24, 2.45) is 5.10 Å². The van der Waals surface area contributed by atoms with E-state index in [2.05, 4.69) is 31.2 Å². The molecular weight excluding hydrogens is 534 g/mol. The van der Waals surface area contributed by atoms with Crippen molar-refractivity contribution in [3.63, 3.8) is 0 Å². The predicted octanol–water partition coefficient (Wildman–Crippen LogP) is 5.63. The van der Waals surface area contributed by atoms with Gasteiger partial charge in [0.25, 0.3) is 5.91 Å². The molecule has 0 saturated carbocycles. The first kappa shape index (κ1) is 24.4. The van der Waals surface area contributed by atoms with Crippen LogP contribution < -0.4 is 10.2 Å². The van der Waals surface area contributed by atoms with Gasteiger partial charge >= 0.3 is 5.97 Å². The fraction of sp³-hybridized carbons (Fsp3) is 0.0769. The number of amides is 1. The fourth-order valence-corrected chi connectivity index (χ4v) is 4.32. The first-order chi connectivity index (χ1) is 17.0. The maximum absolute atomic E-state index is 13.0. The minimum absolute atomic E-state index is 0.267. The number of carbonyl (C=O) groups excluding carboxylic acids is 2. The molecule has 0 aliphatic carbocycles. The highest BCUT2D eigenvalue weighted by Gasteiger charge is 2.14. The number of hydrazone groups is 1. The number of hydrogen-bond donors (Lipinski definition) is 1. The molecule has 1 heterocycles. The van der Waals surface area contributed by atoms with Crippen molar-refractivity contribution >= 4 is 56.5 Å². The number of hydrogen-bond acceptors (Lipinski definition) is 6. The molecule has 176 valence electrons. The molecule has 0 aliphatic rings. The maximum atomic E-state index is 13.0. The van der Waals surface area contributed by atoms with Crippen LogP contribution in [0.3, 0.4) is 0 Å². The number of pyridine rings is 1. The van der Waals surface area contributed by atoms with Crippen LogP contribution in [0.4, 0.5) is 0 Å². The molecule has 0 spiro atoms. The first-order valence-corrected chi connectivity index (χ1v) is 11.6. The molecule has 0 atom stereocenters. The molecule has 0 aliphatic heterocycles. The summed E-state index contributed by atoms with van der Waals surface area (Å²) in [6.07, 6.45) is 1.46. The van der Waals surface area contributed by atoms with Gasteiger partial charge in [0.05, 0.1) is 39.6 Å². The largest absolute Gasteiger partial charge is 0.479 e. The lowest BCUT2D eigenvalue weighted by molar-refractivity contribution is -0.142. The van der Waals surface area contributed by atoms with E-state index in [1.807, 2.05) is 54.6 Å². The Morgan fingerprint density at radius 3 is 2.57 bits per heavy atom. The summed E-state index contributed by atoms with van der Waals surface area (Å²) in [7, 11) is 1.27. The Kier molecular flexibility index (Phi) is 7.74. The van der Waals surface area contributed by atoms with Crippen molar-refractivity contribution in [2.75, 3.05) is 13.7 Å². The Morgan fingerprint density at radius 2 is 1.83 bits per heavy atom. The van der Waals surface area contributed by atoms with Crippen molar-refractivity contribution in [3.05, 3.63) is 93.4 Å². The minimum atomic E-state index is -0.527. The summed E-state index contributed by atoms with van der Waals surface area (Å²) in [6, 6.07) is 22.2. The zero-order valence-corrected chi connectivity index (χ0v) is 20.8. The van der Waals surface area contributed by atoms with E-state index in [9.17, 15) is 9.59 Å². The van der Waals surface area contributed by atoms with Crippen LogP contribution in [0.5, 0.6) is 5.75 Å². The third kappa shape index (κ3) is 5.85. The van der Waals surface area contributed by atoms with Crippen LogP contribution in [0.2, 0.25) is 5.02 Å². The number of ether oxygens (including phenoxy) is 2. The summed E-state index contributed by atoms with van der Waals surface area (Å²) < 4.78 is 10.5. The van der Waals surface area contributed by atoms with Crippen molar-refractivity contribution in [2.45, 2.75) is 0 Å². The van der Waals surface area contributed by atoms with E-state index < -0.39 is 5.97 Å². The Bertz CT molecular complexity index is 1400. The molecule has 4 rings (SSSR count). The number of nitrogens with zero attached hydrogens (tertiary/aromatic N) is 2. The number of aromatic nitrogens is 1. The van der Waals surface area contributed by atoms with Crippen LogP contribution in [0, 0.1) is 0 Å². The van der Waals surface area contributed by atoms with Crippen LogP contribution in [-0.4, -0.2) is 36.8 Å². The van der Waals surface area contributed by atoms with E-state index in [0.29, 0.717) is 32.6 Å². The van der Waals surface area contributed by atoms with Crippen LogP contribution >= 0.6 is 27.5 Å². The molecule has 9 heteroatoms. The average Bonchev–Trinajstić information content (AvgIpc) is 2.87. The zero-order chi connectivity index (χ0) is 24.8. The lowest BCUT2D eigenvalue weighted by Crippen LogP contribution is -2.18. The number of esters is 1. The molecule has 1 aromatic heterocycles. The van der Waals surface area contributed by atoms with E-state index in [1.165, 1.54) is 13.3 Å². The number of methoxy groups -OCH3 is 1. The SMILES string of the molecule is COC(=O)COc1c(Cl)cc(/C=N/NC(=O)c2cc(-c3ccccc3)nc3ccccc23)cc1Br. The second-order valence-corrected chi connectivity index (χ2v) is 8.58. The van der Waals surface area contributed by atoms with Crippen molar-refractivity contribution in [1.29, 1.82) is 0 Å². The molecule has 0 saturated heterocycles. The van der Waals surface area contributed by atoms with Gasteiger partial charge in [0.2, 0.25) is 0 Å².